The Morgan fingerprint density at radius 3 is 2.79 bits per heavy atom. The number of likely N-dealkylation sites (tertiary alicyclic amines) is 1. The van der Waals surface area contributed by atoms with Crippen LogP contribution in [0.3, 0.4) is 0 Å². The second-order valence-corrected chi connectivity index (χ2v) is 6.29. The van der Waals surface area contributed by atoms with Gasteiger partial charge >= 0.3 is 0 Å². The van der Waals surface area contributed by atoms with Crippen molar-refractivity contribution in [3.05, 3.63) is 48.3 Å². The number of amides is 1. The Bertz CT molecular complexity index is 671. The van der Waals surface area contributed by atoms with Gasteiger partial charge in [-0.15, -0.1) is 0 Å². The summed E-state index contributed by atoms with van der Waals surface area (Å²) in [5.41, 5.74) is 6.76. The van der Waals surface area contributed by atoms with Crippen LogP contribution in [0.1, 0.15) is 12.5 Å². The van der Waals surface area contributed by atoms with Gasteiger partial charge in [-0.05, 0) is 19.1 Å². The van der Waals surface area contributed by atoms with Crippen LogP contribution in [0.15, 0.2) is 42.7 Å². The summed E-state index contributed by atoms with van der Waals surface area (Å²) in [6.45, 7) is 5.69. The highest BCUT2D eigenvalue weighted by Crippen LogP contribution is 2.26. The van der Waals surface area contributed by atoms with Gasteiger partial charge in [-0.1, -0.05) is 18.2 Å². The van der Waals surface area contributed by atoms with Crippen LogP contribution >= 0.6 is 0 Å². The number of rotatable bonds is 7. The zero-order valence-corrected chi connectivity index (χ0v) is 14.0. The molecule has 1 aromatic carbocycles. The van der Waals surface area contributed by atoms with E-state index < -0.39 is 0 Å². The maximum absolute atomic E-state index is 11.8. The minimum absolute atomic E-state index is 0.115. The Kier molecular flexibility index (Phi) is 5.15. The minimum atomic E-state index is -0.247. The smallest absolute Gasteiger partial charge is 0.222 e. The molecule has 0 bridgehead atoms. The van der Waals surface area contributed by atoms with Crippen LogP contribution in [0.25, 0.3) is 0 Å². The molecule has 24 heavy (non-hydrogen) atoms. The van der Waals surface area contributed by atoms with E-state index in [1.54, 1.807) is 0 Å². The summed E-state index contributed by atoms with van der Waals surface area (Å²) in [5.74, 6) is 0.519. The second-order valence-electron chi connectivity index (χ2n) is 6.29. The number of nitrogens with two attached hydrogens (primary N) is 1. The molecule has 1 saturated heterocycles. The number of ether oxygens (including phenoxy) is 1. The summed E-state index contributed by atoms with van der Waals surface area (Å²) in [7, 11) is 0. The van der Waals surface area contributed by atoms with Gasteiger partial charge in [0.15, 0.2) is 0 Å². The number of hydrogen-bond acceptors (Lipinski definition) is 4. The predicted molar refractivity (Wildman–Crippen MR) is 91.3 cm³/mol. The topological polar surface area (TPSA) is 73.4 Å². The van der Waals surface area contributed by atoms with Gasteiger partial charge < -0.3 is 10.5 Å². The number of carbonyl (C=O) groups excluding carboxylic acids is 1. The fourth-order valence-corrected chi connectivity index (χ4v) is 3.22. The van der Waals surface area contributed by atoms with Crippen molar-refractivity contribution in [1.29, 1.82) is 0 Å². The number of aryl methyl sites for hydroxylation is 1. The SMILES string of the molecule is CCn1cc(CN2C[C@@H](COc3ccccc3)[C@H](C(N)=O)C2)cn1. The quantitative estimate of drug-likeness (QED) is 0.836. The highest BCUT2D eigenvalue weighted by Gasteiger charge is 2.36. The number of nitrogens with zero attached hydrogens (tertiary/aromatic N) is 3. The Morgan fingerprint density at radius 2 is 2.12 bits per heavy atom. The van der Waals surface area contributed by atoms with Crippen LogP contribution in [0.4, 0.5) is 0 Å². The third-order valence-electron chi connectivity index (χ3n) is 4.51. The molecule has 128 valence electrons. The standard InChI is InChI=1S/C18H24N4O2/c1-2-22-10-14(8-20-22)9-21-11-15(17(12-21)18(19)23)13-24-16-6-4-3-5-7-16/h3-8,10,15,17H,2,9,11-13H2,1H3,(H2,19,23)/t15-,17+/m0/s1. The molecular formula is C18H24N4O2. The molecule has 1 aromatic heterocycles. The highest BCUT2D eigenvalue weighted by atomic mass is 16.5. The molecule has 2 aromatic rings. The van der Waals surface area contributed by atoms with Crippen molar-refractivity contribution in [1.82, 2.24) is 14.7 Å². The molecule has 0 unspecified atom stereocenters. The maximum Gasteiger partial charge on any atom is 0.222 e. The maximum atomic E-state index is 11.8. The molecule has 2 N–H and O–H groups in total. The number of primary amides is 1. The molecule has 1 aliphatic rings. The third kappa shape index (κ3) is 3.94. The van der Waals surface area contributed by atoms with Crippen molar-refractivity contribution >= 4 is 5.91 Å². The summed E-state index contributed by atoms with van der Waals surface area (Å²) in [5, 5.41) is 4.30. The van der Waals surface area contributed by atoms with Crippen molar-refractivity contribution in [2.45, 2.75) is 20.0 Å². The van der Waals surface area contributed by atoms with E-state index in [4.69, 9.17) is 10.5 Å². The fraction of sp³-hybridized carbons (Fsp3) is 0.444. The summed E-state index contributed by atoms with van der Waals surface area (Å²) in [4.78, 5) is 14.1. The first-order valence-corrected chi connectivity index (χ1v) is 8.36. The first-order chi connectivity index (χ1) is 11.7. The Hall–Kier alpha value is -2.34. The lowest BCUT2D eigenvalue weighted by atomic mass is 9.96. The number of carbonyl (C=O) groups is 1. The highest BCUT2D eigenvalue weighted by molar-refractivity contribution is 5.77. The zero-order valence-electron chi connectivity index (χ0n) is 14.0. The Morgan fingerprint density at radius 1 is 1.33 bits per heavy atom. The largest absolute Gasteiger partial charge is 0.493 e. The third-order valence-corrected chi connectivity index (χ3v) is 4.51. The van der Waals surface area contributed by atoms with E-state index in [1.807, 2.05) is 47.4 Å². The molecule has 0 radical (unpaired) electrons. The first kappa shape index (κ1) is 16.5. The van der Waals surface area contributed by atoms with Gasteiger partial charge in [0.25, 0.3) is 0 Å². The number of aromatic nitrogens is 2. The van der Waals surface area contributed by atoms with Gasteiger partial charge in [0, 0.05) is 43.9 Å². The van der Waals surface area contributed by atoms with E-state index in [0.29, 0.717) is 13.2 Å². The average Bonchev–Trinajstić information content (AvgIpc) is 3.21. The lowest BCUT2D eigenvalue weighted by Gasteiger charge is -2.16. The fourth-order valence-electron chi connectivity index (χ4n) is 3.22. The molecule has 0 saturated carbocycles. The molecule has 1 amide bonds. The molecule has 6 nitrogen and oxygen atoms in total. The van der Waals surface area contributed by atoms with E-state index in [9.17, 15) is 4.79 Å². The van der Waals surface area contributed by atoms with E-state index >= 15 is 0 Å². The van der Waals surface area contributed by atoms with Crippen molar-refractivity contribution in [3.8, 4) is 5.75 Å². The molecule has 0 aliphatic carbocycles. The van der Waals surface area contributed by atoms with Gasteiger partial charge in [-0.25, -0.2) is 0 Å². The van der Waals surface area contributed by atoms with E-state index in [0.717, 1.165) is 30.9 Å². The number of para-hydroxylation sites is 1. The van der Waals surface area contributed by atoms with Crippen LogP contribution in [0.5, 0.6) is 5.75 Å². The van der Waals surface area contributed by atoms with Crippen LogP contribution < -0.4 is 10.5 Å². The first-order valence-electron chi connectivity index (χ1n) is 8.36. The number of hydrogen-bond donors (Lipinski definition) is 1. The van der Waals surface area contributed by atoms with E-state index in [2.05, 4.69) is 16.9 Å². The average molecular weight is 328 g/mol. The van der Waals surface area contributed by atoms with Gasteiger partial charge in [0.05, 0.1) is 18.7 Å². The second kappa shape index (κ2) is 7.49. The number of benzene rings is 1. The Balaban J connectivity index is 1.60. The molecule has 1 aliphatic heterocycles. The van der Waals surface area contributed by atoms with Gasteiger partial charge in [0.1, 0.15) is 5.75 Å². The van der Waals surface area contributed by atoms with Gasteiger partial charge in [-0.2, -0.15) is 5.10 Å². The van der Waals surface area contributed by atoms with Crippen molar-refractivity contribution < 1.29 is 9.53 Å². The van der Waals surface area contributed by atoms with E-state index in [1.165, 1.54) is 0 Å². The summed E-state index contributed by atoms with van der Waals surface area (Å²) in [6.07, 6.45) is 3.93. The monoisotopic (exact) mass is 328 g/mol. The van der Waals surface area contributed by atoms with Crippen molar-refractivity contribution in [2.24, 2.45) is 17.6 Å². The van der Waals surface area contributed by atoms with Crippen LogP contribution in [0, 0.1) is 11.8 Å². The molecule has 3 rings (SSSR count). The summed E-state index contributed by atoms with van der Waals surface area (Å²) < 4.78 is 7.75. The molecule has 1 fully saturated rings. The lowest BCUT2D eigenvalue weighted by Crippen LogP contribution is -2.32. The minimum Gasteiger partial charge on any atom is -0.493 e. The molecular weight excluding hydrogens is 304 g/mol. The van der Waals surface area contributed by atoms with Crippen LogP contribution in [-0.4, -0.2) is 40.3 Å². The van der Waals surface area contributed by atoms with Crippen molar-refractivity contribution in [3.63, 3.8) is 0 Å². The molecule has 2 heterocycles. The van der Waals surface area contributed by atoms with Crippen LogP contribution in [0.2, 0.25) is 0 Å². The van der Waals surface area contributed by atoms with Crippen LogP contribution in [-0.2, 0) is 17.9 Å². The Labute approximate surface area is 142 Å². The van der Waals surface area contributed by atoms with Gasteiger partial charge in [-0.3, -0.25) is 14.4 Å². The predicted octanol–water partition coefficient (Wildman–Crippen LogP) is 1.52. The zero-order chi connectivity index (χ0) is 16.9. The summed E-state index contributed by atoms with van der Waals surface area (Å²) >= 11 is 0. The van der Waals surface area contributed by atoms with Crippen molar-refractivity contribution in [2.75, 3.05) is 19.7 Å². The lowest BCUT2D eigenvalue weighted by molar-refractivity contribution is -0.122. The normalized spacial score (nSPS) is 21.0. The molecule has 0 spiro atoms. The summed E-state index contributed by atoms with van der Waals surface area (Å²) in [6, 6.07) is 9.67. The molecule has 6 heteroatoms. The van der Waals surface area contributed by atoms with E-state index in [-0.39, 0.29) is 17.7 Å². The van der Waals surface area contributed by atoms with Gasteiger partial charge in [0.2, 0.25) is 5.91 Å². The molecule has 2 atom stereocenters.